The van der Waals surface area contributed by atoms with Gasteiger partial charge in [-0.25, -0.2) is 12.7 Å². The van der Waals surface area contributed by atoms with E-state index in [1.54, 1.807) is 36.4 Å². The van der Waals surface area contributed by atoms with E-state index >= 15 is 0 Å². The van der Waals surface area contributed by atoms with Crippen LogP contribution in [-0.2, 0) is 19.6 Å². The van der Waals surface area contributed by atoms with Gasteiger partial charge < -0.3 is 0 Å². The van der Waals surface area contributed by atoms with Crippen LogP contribution >= 0.6 is 27.3 Å². The molecule has 0 bridgehead atoms. The molecule has 8 heteroatoms. The topological polar surface area (TPSA) is 71.5 Å². The second-order valence-corrected chi connectivity index (χ2v) is 9.28. The highest BCUT2D eigenvalue weighted by Crippen LogP contribution is 2.33. The second kappa shape index (κ2) is 5.60. The van der Waals surface area contributed by atoms with Gasteiger partial charge in [0, 0.05) is 0 Å². The number of halogens is 1. The minimum Gasteiger partial charge on any atom is -0.288 e. The molecule has 0 spiro atoms. The first-order chi connectivity index (χ1) is 10.4. The zero-order chi connectivity index (χ0) is 15.9. The lowest BCUT2D eigenvalue weighted by Crippen LogP contribution is -2.33. The number of Topliss-reactive ketones (excluding diaryl/α,β-unsaturated/α-hetero) is 1. The molecule has 1 aliphatic heterocycles. The van der Waals surface area contributed by atoms with Gasteiger partial charge in [0.05, 0.1) is 16.2 Å². The van der Waals surface area contributed by atoms with Crippen molar-refractivity contribution in [2.24, 2.45) is 0 Å². The number of carbonyl (C=O) groups excluding carboxylic acids is 2. The Balaban J connectivity index is 1.97. The molecule has 0 aliphatic carbocycles. The summed E-state index contributed by atoms with van der Waals surface area (Å²) in [5, 5.41) is 0. The Morgan fingerprint density at radius 2 is 1.77 bits per heavy atom. The summed E-state index contributed by atoms with van der Waals surface area (Å²) in [5.41, 5.74) is 0.644. The average Bonchev–Trinajstić information content (AvgIpc) is 3.06. The van der Waals surface area contributed by atoms with Crippen LogP contribution in [0.1, 0.15) is 11.5 Å². The summed E-state index contributed by atoms with van der Waals surface area (Å²) in [5.74, 6) is -2.41. The molecule has 3 rings (SSSR count). The number of thiophene rings is 1. The van der Waals surface area contributed by atoms with Crippen LogP contribution in [0.3, 0.4) is 0 Å². The molecule has 1 saturated heterocycles. The molecule has 1 fully saturated rings. The molecule has 0 N–H and O–H groups in total. The number of hydrogen-bond donors (Lipinski definition) is 0. The molecule has 114 valence electrons. The standard InChI is InChI=1S/C14H10BrNO4S2/c15-11-6-7-12(21-11)22(19,20)16-8-10(13(17)14(16)18)9-4-2-1-3-5-9/h1-7,10H,8H2/t10-/m0/s1. The predicted octanol–water partition coefficient (Wildman–Crippen LogP) is 2.39. The number of sulfonamides is 1. The minimum absolute atomic E-state index is 0.0363. The van der Waals surface area contributed by atoms with Crippen LogP contribution < -0.4 is 0 Å². The van der Waals surface area contributed by atoms with Crippen molar-refractivity contribution in [2.75, 3.05) is 6.54 Å². The Labute approximate surface area is 139 Å². The Kier molecular flexibility index (Phi) is 3.92. The van der Waals surface area contributed by atoms with Crippen LogP contribution in [-0.4, -0.2) is 31.0 Å². The third kappa shape index (κ3) is 2.51. The zero-order valence-corrected chi connectivity index (χ0v) is 14.3. The van der Waals surface area contributed by atoms with E-state index < -0.39 is 27.6 Å². The van der Waals surface area contributed by atoms with Crippen molar-refractivity contribution in [1.82, 2.24) is 4.31 Å². The predicted molar refractivity (Wildman–Crippen MR) is 85.1 cm³/mol. The highest BCUT2D eigenvalue weighted by Gasteiger charge is 2.46. The fraction of sp³-hybridized carbons (Fsp3) is 0.143. The number of benzene rings is 1. The third-order valence-corrected chi connectivity index (χ3v) is 7.24. The van der Waals surface area contributed by atoms with E-state index in [1.807, 2.05) is 0 Å². The molecule has 0 unspecified atom stereocenters. The van der Waals surface area contributed by atoms with Gasteiger partial charge in [-0.1, -0.05) is 30.3 Å². The van der Waals surface area contributed by atoms with Crippen LogP contribution in [0.15, 0.2) is 50.5 Å². The normalized spacial score (nSPS) is 19.0. The van der Waals surface area contributed by atoms with E-state index in [-0.39, 0.29) is 10.8 Å². The molecular formula is C14H10BrNO4S2. The van der Waals surface area contributed by atoms with Gasteiger partial charge in [-0.15, -0.1) is 11.3 Å². The van der Waals surface area contributed by atoms with Crippen LogP contribution in [0.4, 0.5) is 0 Å². The van der Waals surface area contributed by atoms with Crippen molar-refractivity contribution in [3.63, 3.8) is 0 Å². The van der Waals surface area contributed by atoms with E-state index in [0.717, 1.165) is 11.3 Å². The fourth-order valence-electron chi connectivity index (χ4n) is 2.30. The maximum Gasteiger partial charge on any atom is 0.304 e. The summed E-state index contributed by atoms with van der Waals surface area (Å²) in [6, 6.07) is 11.7. The first kappa shape index (κ1) is 15.4. The van der Waals surface area contributed by atoms with Gasteiger partial charge in [0.2, 0.25) is 5.78 Å². The van der Waals surface area contributed by atoms with E-state index in [2.05, 4.69) is 15.9 Å². The molecule has 1 aromatic heterocycles. The number of rotatable bonds is 3. The Bertz CT molecular complexity index is 845. The Morgan fingerprint density at radius 1 is 1.09 bits per heavy atom. The molecule has 1 amide bonds. The van der Waals surface area contributed by atoms with Crippen molar-refractivity contribution in [3.05, 3.63) is 51.8 Å². The van der Waals surface area contributed by atoms with Crippen LogP contribution in [0.2, 0.25) is 0 Å². The lowest BCUT2D eigenvalue weighted by Gasteiger charge is -2.14. The number of ketones is 1. The number of nitrogens with zero attached hydrogens (tertiary/aromatic N) is 1. The average molecular weight is 400 g/mol. The largest absolute Gasteiger partial charge is 0.304 e. The molecule has 1 aliphatic rings. The lowest BCUT2D eigenvalue weighted by atomic mass is 9.97. The van der Waals surface area contributed by atoms with Crippen molar-refractivity contribution in [1.29, 1.82) is 0 Å². The molecule has 0 saturated carbocycles. The Morgan fingerprint density at radius 3 is 2.36 bits per heavy atom. The van der Waals surface area contributed by atoms with Gasteiger partial charge >= 0.3 is 5.91 Å². The molecular weight excluding hydrogens is 390 g/mol. The maximum absolute atomic E-state index is 12.5. The number of carbonyl (C=O) groups is 2. The van der Waals surface area contributed by atoms with Crippen LogP contribution in [0, 0.1) is 0 Å². The van der Waals surface area contributed by atoms with E-state index in [4.69, 9.17) is 0 Å². The summed E-state index contributed by atoms with van der Waals surface area (Å²) < 4.78 is 26.4. The Hall–Kier alpha value is -1.51. The van der Waals surface area contributed by atoms with Crippen molar-refractivity contribution in [3.8, 4) is 0 Å². The number of amides is 1. The first-order valence-electron chi connectivity index (χ1n) is 6.32. The molecule has 1 atom stereocenters. The molecule has 5 nitrogen and oxygen atoms in total. The van der Waals surface area contributed by atoms with Crippen LogP contribution in [0.25, 0.3) is 0 Å². The molecule has 2 heterocycles. The van der Waals surface area contributed by atoms with Gasteiger partial charge in [0.25, 0.3) is 10.0 Å². The SMILES string of the molecule is O=C1C(=O)N(S(=O)(=O)c2ccc(Br)s2)C[C@H]1c1ccccc1. The quantitative estimate of drug-likeness (QED) is 0.742. The highest BCUT2D eigenvalue weighted by atomic mass is 79.9. The highest BCUT2D eigenvalue weighted by molar-refractivity contribution is 9.11. The summed E-state index contributed by atoms with van der Waals surface area (Å²) in [7, 11) is -3.99. The van der Waals surface area contributed by atoms with Crippen molar-refractivity contribution >= 4 is 49.0 Å². The van der Waals surface area contributed by atoms with Crippen molar-refractivity contribution < 1.29 is 18.0 Å². The summed E-state index contributed by atoms with van der Waals surface area (Å²) in [6.45, 7) is -0.153. The summed E-state index contributed by atoms with van der Waals surface area (Å²) >= 11 is 4.20. The molecule has 1 aromatic carbocycles. The van der Waals surface area contributed by atoms with E-state index in [1.165, 1.54) is 6.07 Å². The van der Waals surface area contributed by atoms with Gasteiger partial charge in [-0.2, -0.15) is 0 Å². The van der Waals surface area contributed by atoms with Gasteiger partial charge in [0.15, 0.2) is 0 Å². The zero-order valence-electron chi connectivity index (χ0n) is 11.1. The molecule has 22 heavy (non-hydrogen) atoms. The minimum atomic E-state index is -3.99. The van der Waals surface area contributed by atoms with Gasteiger partial charge in [-0.05, 0) is 33.6 Å². The fourth-order valence-corrected chi connectivity index (χ4v) is 5.81. The van der Waals surface area contributed by atoms with Crippen LogP contribution in [0.5, 0.6) is 0 Å². The second-order valence-electron chi connectivity index (χ2n) is 4.73. The van der Waals surface area contributed by atoms with E-state index in [0.29, 0.717) is 13.7 Å². The summed E-state index contributed by atoms with van der Waals surface area (Å²) in [6.07, 6.45) is 0. The third-order valence-electron chi connectivity index (χ3n) is 3.40. The first-order valence-corrected chi connectivity index (χ1v) is 9.37. The molecule has 0 radical (unpaired) electrons. The van der Waals surface area contributed by atoms with Crippen molar-refractivity contribution in [2.45, 2.75) is 10.1 Å². The maximum atomic E-state index is 12.5. The van der Waals surface area contributed by atoms with Gasteiger partial charge in [0.1, 0.15) is 4.21 Å². The monoisotopic (exact) mass is 399 g/mol. The summed E-state index contributed by atoms with van der Waals surface area (Å²) in [4.78, 5) is 24.2. The van der Waals surface area contributed by atoms with E-state index in [9.17, 15) is 18.0 Å². The number of hydrogen-bond acceptors (Lipinski definition) is 5. The lowest BCUT2D eigenvalue weighted by molar-refractivity contribution is -0.138. The van der Waals surface area contributed by atoms with Gasteiger partial charge in [-0.3, -0.25) is 9.59 Å². The molecule has 2 aromatic rings. The smallest absolute Gasteiger partial charge is 0.288 e.